The van der Waals surface area contributed by atoms with Crippen LogP contribution in [0.2, 0.25) is 5.28 Å². The average Bonchev–Trinajstić information content (AvgIpc) is 3.69. The van der Waals surface area contributed by atoms with E-state index in [1.54, 1.807) is 0 Å². The number of hydrogen-bond acceptors (Lipinski definition) is 10. The Labute approximate surface area is 236 Å². The quantitative estimate of drug-likeness (QED) is 0.324. The Morgan fingerprint density at radius 3 is 2.69 bits per heavy atom. The molecule has 0 aromatic carbocycles. The van der Waals surface area contributed by atoms with E-state index in [4.69, 9.17) is 22.3 Å². The topological polar surface area (TPSA) is 114 Å². The van der Waals surface area contributed by atoms with E-state index in [0.717, 1.165) is 70.4 Å². The van der Waals surface area contributed by atoms with Crippen LogP contribution in [0.3, 0.4) is 0 Å². The maximum Gasteiger partial charge on any atom is 0.248 e. The Morgan fingerprint density at radius 2 is 1.95 bits per heavy atom. The lowest BCUT2D eigenvalue weighted by molar-refractivity contribution is 0.0899. The predicted octanol–water partition coefficient (Wildman–Crippen LogP) is 4.96. The summed E-state index contributed by atoms with van der Waals surface area (Å²) in [6.07, 6.45) is 7.59. The van der Waals surface area contributed by atoms with Gasteiger partial charge in [-0.1, -0.05) is 6.42 Å². The monoisotopic (exact) mass is 564 g/mol. The number of hydrogen-bond donors (Lipinski definition) is 2. The zero-order chi connectivity index (χ0) is 26.8. The summed E-state index contributed by atoms with van der Waals surface area (Å²) >= 11 is 7.73. The van der Waals surface area contributed by atoms with Crippen LogP contribution >= 0.6 is 22.9 Å². The highest BCUT2D eigenvalue weighted by molar-refractivity contribution is 7.17. The van der Waals surface area contributed by atoms with E-state index in [9.17, 15) is 0 Å². The summed E-state index contributed by atoms with van der Waals surface area (Å²) in [6.45, 7) is 9.61. The number of nitrogens with two attached hydrogens (primary N) is 1. The number of thiophene rings is 1. The van der Waals surface area contributed by atoms with E-state index in [2.05, 4.69) is 55.1 Å². The van der Waals surface area contributed by atoms with Gasteiger partial charge in [0.15, 0.2) is 5.82 Å². The van der Waals surface area contributed by atoms with Crippen molar-refractivity contribution >= 4 is 56.6 Å². The molecule has 3 N–H and O–H groups in total. The average molecular weight is 565 g/mol. The molecule has 39 heavy (non-hydrogen) atoms. The molecule has 3 aliphatic rings. The van der Waals surface area contributed by atoms with Gasteiger partial charge in [0.05, 0.1) is 22.1 Å². The zero-order valence-corrected chi connectivity index (χ0v) is 24.0. The molecule has 1 saturated heterocycles. The fraction of sp³-hybridized carbons (Fsp3) is 0.519. The summed E-state index contributed by atoms with van der Waals surface area (Å²) in [4.78, 5) is 23.2. The molecule has 2 saturated carbocycles. The van der Waals surface area contributed by atoms with Gasteiger partial charge in [0, 0.05) is 31.7 Å². The van der Waals surface area contributed by atoms with Gasteiger partial charge in [-0.25, -0.2) is 9.97 Å². The molecular weight excluding hydrogens is 532 g/mol. The number of nitrogen functional groups attached to an aromatic ring is 1. The molecular formula is C27H33ClN10S. The molecule has 2 unspecified atom stereocenters. The first-order chi connectivity index (χ1) is 18.8. The first-order valence-electron chi connectivity index (χ1n) is 13.7. The normalized spacial score (nSPS) is 25.2. The molecule has 7 rings (SSSR count). The van der Waals surface area contributed by atoms with Crippen molar-refractivity contribution in [2.45, 2.75) is 58.5 Å². The lowest BCUT2D eigenvalue weighted by Gasteiger charge is -2.46. The molecule has 3 fully saturated rings. The van der Waals surface area contributed by atoms with Crippen molar-refractivity contribution in [3.05, 3.63) is 34.1 Å². The summed E-state index contributed by atoms with van der Waals surface area (Å²) in [6, 6.07) is 3.42. The molecule has 204 valence electrons. The molecule has 0 spiro atoms. The van der Waals surface area contributed by atoms with Crippen LogP contribution < -0.4 is 16.0 Å². The minimum atomic E-state index is 0.143. The van der Waals surface area contributed by atoms with Gasteiger partial charge in [0.2, 0.25) is 17.2 Å². The second-order valence-corrected chi connectivity index (χ2v) is 12.6. The predicted molar refractivity (Wildman–Crippen MR) is 156 cm³/mol. The van der Waals surface area contributed by atoms with Crippen LogP contribution in [0.4, 0.5) is 23.4 Å². The molecule has 4 aromatic heterocycles. The van der Waals surface area contributed by atoms with Gasteiger partial charge in [-0.05, 0) is 86.0 Å². The fourth-order valence-corrected chi connectivity index (χ4v) is 8.16. The molecule has 10 nitrogen and oxygen atoms in total. The number of halogens is 1. The first kappa shape index (κ1) is 25.0. The molecule has 0 amide bonds. The number of nitrogens with zero attached hydrogens (tertiary/aromatic N) is 8. The number of nitrogens with one attached hydrogen (secondary N) is 1. The van der Waals surface area contributed by atoms with Crippen molar-refractivity contribution in [1.82, 2.24) is 34.6 Å². The smallest absolute Gasteiger partial charge is 0.248 e. The fourth-order valence-electron chi connectivity index (χ4n) is 7.04. The summed E-state index contributed by atoms with van der Waals surface area (Å²) in [7, 11) is 0. The highest BCUT2D eigenvalue weighted by Gasteiger charge is 2.44. The van der Waals surface area contributed by atoms with E-state index < -0.39 is 0 Å². The van der Waals surface area contributed by atoms with E-state index in [-0.39, 0.29) is 11.2 Å². The molecule has 4 atom stereocenters. The minimum absolute atomic E-state index is 0.143. The van der Waals surface area contributed by atoms with Gasteiger partial charge in [0.25, 0.3) is 0 Å². The lowest BCUT2D eigenvalue weighted by atomic mass is 9.92. The SMILES string of the molecule is Cc1cc(Nc2nc(N)n(-c3nc(Cl)nc4c(C)csc34)n2)cnc1N1CCN([C@H]2CC3CCC2C3)[C@@H](C)C1. The van der Waals surface area contributed by atoms with Crippen LogP contribution in [0, 0.1) is 25.7 Å². The minimum Gasteiger partial charge on any atom is -0.368 e. The third-order valence-electron chi connectivity index (χ3n) is 8.79. The Hall–Kier alpha value is -3.02. The highest BCUT2D eigenvalue weighted by Crippen LogP contribution is 2.47. The van der Waals surface area contributed by atoms with Crippen LogP contribution in [0.5, 0.6) is 0 Å². The van der Waals surface area contributed by atoms with Crippen LogP contribution in [-0.4, -0.2) is 66.3 Å². The van der Waals surface area contributed by atoms with Gasteiger partial charge in [0.1, 0.15) is 5.82 Å². The number of piperazine rings is 1. The standard InChI is InChI=1S/C27H33ClN10S/c1-14-8-19(11-30-23(14)36-6-7-37(16(3)12-36)20-10-17-4-5-18(20)9-17)31-27-34-26(29)38(35-27)24-22-21(15(2)13-39-22)32-25(28)33-24/h8,11,13,16-18,20H,4-7,9-10,12H2,1-3H3,(H3,29,31,34,35)/t16-,17?,18?,20-/m0/s1. The van der Waals surface area contributed by atoms with E-state index >= 15 is 0 Å². The molecule has 2 aliphatic carbocycles. The first-order valence-corrected chi connectivity index (χ1v) is 15.0. The highest BCUT2D eigenvalue weighted by atomic mass is 35.5. The maximum absolute atomic E-state index is 6.24. The maximum atomic E-state index is 6.24. The van der Waals surface area contributed by atoms with Crippen LogP contribution in [0.15, 0.2) is 17.6 Å². The summed E-state index contributed by atoms with van der Waals surface area (Å²) in [5.41, 5.74) is 9.98. The molecule has 1 aliphatic heterocycles. The third kappa shape index (κ3) is 4.40. The molecule has 0 radical (unpaired) electrons. The number of rotatable bonds is 5. The Kier molecular flexibility index (Phi) is 6.13. The van der Waals surface area contributed by atoms with Gasteiger partial charge < -0.3 is 16.0 Å². The van der Waals surface area contributed by atoms with Crippen molar-refractivity contribution in [2.24, 2.45) is 11.8 Å². The molecule has 12 heteroatoms. The third-order valence-corrected chi connectivity index (χ3v) is 10.0. The summed E-state index contributed by atoms with van der Waals surface area (Å²) in [5, 5.41) is 9.99. The van der Waals surface area contributed by atoms with Gasteiger partial charge >= 0.3 is 0 Å². The van der Waals surface area contributed by atoms with Crippen LogP contribution in [0.1, 0.15) is 43.7 Å². The van der Waals surface area contributed by atoms with Crippen molar-refractivity contribution in [3.63, 3.8) is 0 Å². The number of aromatic nitrogens is 6. The van der Waals surface area contributed by atoms with Crippen molar-refractivity contribution < 1.29 is 0 Å². The number of anilines is 4. The largest absolute Gasteiger partial charge is 0.368 e. The second-order valence-electron chi connectivity index (χ2n) is 11.4. The van der Waals surface area contributed by atoms with Crippen LogP contribution in [0.25, 0.3) is 16.0 Å². The van der Waals surface area contributed by atoms with E-state index in [1.807, 2.05) is 18.5 Å². The van der Waals surface area contributed by atoms with Crippen molar-refractivity contribution in [3.8, 4) is 5.82 Å². The molecule has 4 aromatic rings. The summed E-state index contributed by atoms with van der Waals surface area (Å²) in [5.74, 6) is 4.04. The van der Waals surface area contributed by atoms with Gasteiger partial charge in [-0.2, -0.15) is 14.6 Å². The Morgan fingerprint density at radius 1 is 1.08 bits per heavy atom. The number of aryl methyl sites for hydroxylation is 2. The van der Waals surface area contributed by atoms with Crippen molar-refractivity contribution in [1.29, 1.82) is 0 Å². The lowest BCUT2D eigenvalue weighted by Crippen LogP contribution is -2.56. The second kappa shape index (κ2) is 9.57. The number of fused-ring (bicyclic) bond motifs is 3. The summed E-state index contributed by atoms with van der Waals surface area (Å²) < 4.78 is 2.36. The van der Waals surface area contributed by atoms with Gasteiger partial charge in [-0.3, -0.25) is 4.90 Å². The zero-order valence-electron chi connectivity index (χ0n) is 22.4. The van der Waals surface area contributed by atoms with Crippen molar-refractivity contribution in [2.75, 3.05) is 35.6 Å². The molecule has 5 heterocycles. The van der Waals surface area contributed by atoms with E-state index in [0.29, 0.717) is 17.8 Å². The number of pyridine rings is 1. The van der Waals surface area contributed by atoms with E-state index in [1.165, 1.54) is 41.7 Å². The van der Waals surface area contributed by atoms with Crippen LogP contribution in [-0.2, 0) is 0 Å². The Bertz CT molecular complexity index is 1550. The Balaban J connectivity index is 1.07. The molecule has 2 bridgehead atoms. The van der Waals surface area contributed by atoms with Gasteiger partial charge in [-0.15, -0.1) is 16.4 Å².